The third-order valence-corrected chi connectivity index (χ3v) is 4.19. The van der Waals surface area contributed by atoms with Crippen molar-refractivity contribution in [2.45, 2.75) is 31.9 Å². The summed E-state index contributed by atoms with van der Waals surface area (Å²) in [5, 5.41) is 0.200. The van der Waals surface area contributed by atoms with E-state index in [1.165, 1.54) is 23.1 Å². The van der Waals surface area contributed by atoms with Crippen molar-refractivity contribution in [3.8, 4) is 0 Å². The van der Waals surface area contributed by atoms with Crippen molar-refractivity contribution in [3.05, 3.63) is 34.9 Å². The molecule has 1 aromatic rings. The molecule has 0 aromatic heterocycles. The molecule has 3 atom stereocenters. The minimum Gasteiger partial charge on any atom is -0.372 e. The van der Waals surface area contributed by atoms with E-state index < -0.39 is 0 Å². The lowest BCUT2D eigenvalue weighted by molar-refractivity contribution is 0.134. The van der Waals surface area contributed by atoms with E-state index in [2.05, 4.69) is 25.1 Å². The maximum Gasteiger partial charge on any atom is 0.0725 e. The number of halogens is 1. The highest BCUT2D eigenvalue weighted by atomic mass is 35.5. The highest BCUT2D eigenvalue weighted by Crippen LogP contribution is 2.50. The van der Waals surface area contributed by atoms with E-state index in [-0.39, 0.29) is 5.38 Å². The Morgan fingerprint density at radius 2 is 2.07 bits per heavy atom. The van der Waals surface area contributed by atoms with Gasteiger partial charge in [0.25, 0.3) is 0 Å². The molecule has 1 aromatic carbocycles. The molecule has 2 aliphatic rings. The lowest BCUT2D eigenvalue weighted by atomic mass is 10.0. The fraction of sp³-hybridized carbons (Fsp3) is 0.538. The topological polar surface area (TPSA) is 9.23 Å². The number of hydrogen-bond acceptors (Lipinski definition) is 1. The predicted octanol–water partition coefficient (Wildman–Crippen LogP) is 3.65. The molecule has 1 aliphatic heterocycles. The minimum absolute atomic E-state index is 0.200. The molecule has 3 unspecified atom stereocenters. The molecule has 0 spiro atoms. The Balaban J connectivity index is 1.86. The zero-order chi connectivity index (χ0) is 10.4. The normalized spacial score (nSPS) is 30.0. The van der Waals surface area contributed by atoms with Crippen LogP contribution in [0.15, 0.2) is 18.2 Å². The highest BCUT2D eigenvalue weighted by molar-refractivity contribution is 6.21. The van der Waals surface area contributed by atoms with Gasteiger partial charge in [-0.1, -0.05) is 25.1 Å². The van der Waals surface area contributed by atoms with Crippen LogP contribution in [-0.2, 0) is 18.0 Å². The van der Waals surface area contributed by atoms with Crippen LogP contribution < -0.4 is 0 Å². The van der Waals surface area contributed by atoms with Gasteiger partial charge >= 0.3 is 0 Å². The highest BCUT2D eigenvalue weighted by Gasteiger charge is 2.39. The molecular weight excluding hydrogens is 208 g/mol. The van der Waals surface area contributed by atoms with Crippen LogP contribution in [0.2, 0.25) is 0 Å². The van der Waals surface area contributed by atoms with E-state index >= 15 is 0 Å². The van der Waals surface area contributed by atoms with Crippen molar-refractivity contribution in [2.24, 2.45) is 11.8 Å². The summed E-state index contributed by atoms with van der Waals surface area (Å²) in [4.78, 5) is 0. The van der Waals surface area contributed by atoms with Gasteiger partial charge in [0.05, 0.1) is 18.6 Å². The first-order chi connectivity index (χ1) is 7.25. The Morgan fingerprint density at radius 1 is 1.33 bits per heavy atom. The fourth-order valence-corrected chi connectivity index (χ4v) is 2.86. The van der Waals surface area contributed by atoms with E-state index in [0.717, 1.165) is 19.1 Å². The van der Waals surface area contributed by atoms with Gasteiger partial charge in [-0.3, -0.25) is 0 Å². The van der Waals surface area contributed by atoms with Crippen LogP contribution in [0.5, 0.6) is 0 Å². The van der Waals surface area contributed by atoms with Crippen LogP contribution in [0.1, 0.15) is 35.4 Å². The number of fused-ring (bicyclic) bond motifs is 1. The summed E-state index contributed by atoms with van der Waals surface area (Å²) in [6, 6.07) is 6.56. The second-order valence-electron chi connectivity index (χ2n) is 4.80. The van der Waals surface area contributed by atoms with Crippen LogP contribution in [0, 0.1) is 11.8 Å². The minimum atomic E-state index is 0.200. The number of benzene rings is 1. The Hall–Kier alpha value is -0.530. The van der Waals surface area contributed by atoms with Gasteiger partial charge < -0.3 is 4.74 Å². The first kappa shape index (κ1) is 9.68. The summed E-state index contributed by atoms with van der Waals surface area (Å²) in [6.45, 7) is 3.80. The van der Waals surface area contributed by atoms with Gasteiger partial charge in [-0.05, 0) is 34.9 Å². The molecule has 1 aliphatic carbocycles. The summed E-state index contributed by atoms with van der Waals surface area (Å²) in [6.07, 6.45) is 1.28. The standard InChI is InChI=1S/C13H15ClO/c1-8-4-12(8)13(14)9-2-3-10-6-15-7-11(10)5-9/h2-3,5,8,12-13H,4,6-7H2,1H3. The van der Waals surface area contributed by atoms with Crippen LogP contribution in [0.25, 0.3) is 0 Å². The second-order valence-corrected chi connectivity index (χ2v) is 5.27. The molecule has 1 saturated carbocycles. The lowest BCUT2D eigenvalue weighted by Crippen LogP contribution is -1.96. The average molecular weight is 223 g/mol. The molecule has 2 heteroatoms. The third kappa shape index (κ3) is 1.68. The van der Waals surface area contributed by atoms with Crippen molar-refractivity contribution in [3.63, 3.8) is 0 Å². The molecule has 15 heavy (non-hydrogen) atoms. The van der Waals surface area contributed by atoms with Crippen molar-refractivity contribution in [1.82, 2.24) is 0 Å². The van der Waals surface area contributed by atoms with Crippen LogP contribution in [-0.4, -0.2) is 0 Å². The third-order valence-electron chi connectivity index (χ3n) is 3.61. The maximum absolute atomic E-state index is 6.46. The summed E-state index contributed by atoms with van der Waals surface area (Å²) in [5.41, 5.74) is 3.92. The first-order valence-electron chi connectivity index (χ1n) is 5.59. The van der Waals surface area contributed by atoms with Gasteiger partial charge in [0.15, 0.2) is 0 Å². The molecule has 1 fully saturated rings. The largest absolute Gasteiger partial charge is 0.372 e. The SMILES string of the molecule is CC1CC1C(Cl)c1ccc2c(c1)COC2. The zero-order valence-corrected chi connectivity index (χ0v) is 9.63. The van der Waals surface area contributed by atoms with Gasteiger partial charge in [0, 0.05) is 0 Å². The van der Waals surface area contributed by atoms with Crippen molar-refractivity contribution >= 4 is 11.6 Å². The van der Waals surface area contributed by atoms with E-state index in [0.29, 0.717) is 5.92 Å². The number of rotatable bonds is 2. The predicted molar refractivity (Wildman–Crippen MR) is 60.8 cm³/mol. The number of alkyl halides is 1. The number of ether oxygens (including phenoxy) is 1. The van der Waals surface area contributed by atoms with Crippen molar-refractivity contribution in [1.29, 1.82) is 0 Å². The Morgan fingerprint density at radius 3 is 2.80 bits per heavy atom. The van der Waals surface area contributed by atoms with E-state index in [9.17, 15) is 0 Å². The lowest BCUT2D eigenvalue weighted by Gasteiger charge is -2.10. The van der Waals surface area contributed by atoms with Crippen LogP contribution in [0.3, 0.4) is 0 Å². The van der Waals surface area contributed by atoms with Gasteiger partial charge in [0.1, 0.15) is 0 Å². The molecule has 0 amide bonds. The van der Waals surface area contributed by atoms with E-state index in [1.54, 1.807) is 0 Å². The molecule has 1 nitrogen and oxygen atoms in total. The van der Waals surface area contributed by atoms with Crippen LogP contribution in [0.4, 0.5) is 0 Å². The molecule has 0 saturated heterocycles. The monoisotopic (exact) mass is 222 g/mol. The van der Waals surface area contributed by atoms with Gasteiger partial charge in [0.2, 0.25) is 0 Å². The quantitative estimate of drug-likeness (QED) is 0.694. The van der Waals surface area contributed by atoms with Crippen molar-refractivity contribution < 1.29 is 4.74 Å². The smallest absolute Gasteiger partial charge is 0.0725 e. The Bertz CT molecular complexity index is 388. The van der Waals surface area contributed by atoms with Gasteiger partial charge in [-0.2, -0.15) is 0 Å². The summed E-state index contributed by atoms with van der Waals surface area (Å²) in [5.74, 6) is 1.49. The molecule has 3 rings (SSSR count). The molecule has 0 radical (unpaired) electrons. The van der Waals surface area contributed by atoms with E-state index in [4.69, 9.17) is 16.3 Å². The Labute approximate surface area is 95.4 Å². The van der Waals surface area contributed by atoms with E-state index in [1.807, 2.05) is 0 Å². The summed E-state index contributed by atoms with van der Waals surface area (Å²) < 4.78 is 5.40. The molecule has 80 valence electrons. The number of hydrogen-bond donors (Lipinski definition) is 0. The fourth-order valence-electron chi connectivity index (χ4n) is 2.37. The maximum atomic E-state index is 6.46. The second kappa shape index (κ2) is 3.50. The van der Waals surface area contributed by atoms with Crippen molar-refractivity contribution in [2.75, 3.05) is 0 Å². The first-order valence-corrected chi connectivity index (χ1v) is 6.03. The average Bonchev–Trinajstić information content (AvgIpc) is 2.80. The van der Waals surface area contributed by atoms with Gasteiger partial charge in [-0.25, -0.2) is 0 Å². The van der Waals surface area contributed by atoms with Crippen LogP contribution >= 0.6 is 11.6 Å². The Kier molecular flexibility index (Phi) is 2.26. The van der Waals surface area contributed by atoms with Gasteiger partial charge in [-0.15, -0.1) is 11.6 Å². The summed E-state index contributed by atoms with van der Waals surface area (Å²) >= 11 is 6.46. The summed E-state index contributed by atoms with van der Waals surface area (Å²) in [7, 11) is 0. The molecule has 0 N–H and O–H groups in total. The zero-order valence-electron chi connectivity index (χ0n) is 8.87. The molecule has 1 heterocycles. The molecular formula is C13H15ClO. The molecule has 0 bridgehead atoms.